The number of nitrogens with one attached hydrogen (secondary N) is 1. The first-order valence-electron chi connectivity index (χ1n) is 6.47. The second kappa shape index (κ2) is 5.34. The molecule has 0 unspecified atom stereocenters. The van der Waals surface area contributed by atoms with Gasteiger partial charge in [0.05, 0.1) is 7.11 Å². The van der Waals surface area contributed by atoms with E-state index in [1.807, 2.05) is 6.07 Å². The van der Waals surface area contributed by atoms with Gasteiger partial charge in [0.1, 0.15) is 12.1 Å². The second-order valence-electron chi connectivity index (χ2n) is 4.59. The maximum atomic E-state index is 5.80. The third-order valence-corrected chi connectivity index (χ3v) is 3.40. The van der Waals surface area contributed by atoms with Gasteiger partial charge in [-0.05, 0) is 42.5 Å². The normalized spacial score (nSPS) is 12.9. The van der Waals surface area contributed by atoms with Crippen molar-refractivity contribution in [3.8, 4) is 17.4 Å². The topological polar surface area (TPSA) is 82.3 Å². The summed E-state index contributed by atoms with van der Waals surface area (Å²) < 4.78 is 11.0. The molecular formula is C14H16N4O2. The Balaban J connectivity index is 1.91. The summed E-state index contributed by atoms with van der Waals surface area (Å²) in [6.45, 7) is 0. The van der Waals surface area contributed by atoms with Crippen molar-refractivity contribution in [1.29, 1.82) is 0 Å². The van der Waals surface area contributed by atoms with E-state index in [-0.39, 0.29) is 0 Å². The van der Waals surface area contributed by atoms with E-state index < -0.39 is 0 Å². The molecule has 1 aliphatic rings. The third kappa shape index (κ3) is 2.25. The first-order chi connectivity index (χ1) is 9.81. The van der Waals surface area contributed by atoms with Crippen LogP contribution in [0.3, 0.4) is 0 Å². The lowest BCUT2D eigenvalue weighted by atomic mass is 10.1. The molecule has 0 saturated heterocycles. The van der Waals surface area contributed by atoms with Crippen LogP contribution in [-0.2, 0) is 12.8 Å². The van der Waals surface area contributed by atoms with Crippen LogP contribution < -0.4 is 20.7 Å². The van der Waals surface area contributed by atoms with Crippen LogP contribution in [0.4, 0.5) is 5.82 Å². The number of rotatable bonds is 4. The molecule has 2 aromatic rings. The van der Waals surface area contributed by atoms with E-state index in [9.17, 15) is 0 Å². The fourth-order valence-electron chi connectivity index (χ4n) is 2.44. The fourth-order valence-corrected chi connectivity index (χ4v) is 2.44. The Bertz CT molecular complexity index is 631. The van der Waals surface area contributed by atoms with Crippen LogP contribution in [0.15, 0.2) is 24.5 Å². The summed E-state index contributed by atoms with van der Waals surface area (Å²) in [4.78, 5) is 8.07. The summed E-state index contributed by atoms with van der Waals surface area (Å²) in [5.41, 5.74) is 5.20. The van der Waals surface area contributed by atoms with Crippen molar-refractivity contribution in [2.45, 2.75) is 19.3 Å². The molecule has 0 radical (unpaired) electrons. The van der Waals surface area contributed by atoms with Crippen molar-refractivity contribution >= 4 is 5.82 Å². The Labute approximate surface area is 116 Å². The number of ether oxygens (including phenoxy) is 2. The predicted molar refractivity (Wildman–Crippen MR) is 74.9 cm³/mol. The van der Waals surface area contributed by atoms with Crippen LogP contribution in [0.5, 0.6) is 17.4 Å². The fraction of sp³-hybridized carbons (Fsp3) is 0.286. The Morgan fingerprint density at radius 1 is 1.20 bits per heavy atom. The quantitative estimate of drug-likeness (QED) is 0.655. The average molecular weight is 272 g/mol. The number of nitrogens with zero attached hydrogens (tertiary/aromatic N) is 2. The Hall–Kier alpha value is -2.34. The van der Waals surface area contributed by atoms with Crippen LogP contribution in [0.1, 0.15) is 17.5 Å². The van der Waals surface area contributed by atoms with Gasteiger partial charge in [-0.25, -0.2) is 10.8 Å². The molecule has 1 aliphatic carbocycles. The lowest BCUT2D eigenvalue weighted by Crippen LogP contribution is -2.11. The van der Waals surface area contributed by atoms with E-state index in [0.29, 0.717) is 17.4 Å². The largest absolute Gasteiger partial charge is 0.489 e. The van der Waals surface area contributed by atoms with Crippen LogP contribution in [0, 0.1) is 0 Å². The molecule has 6 heteroatoms. The second-order valence-corrected chi connectivity index (χ2v) is 4.59. The van der Waals surface area contributed by atoms with Gasteiger partial charge in [-0.1, -0.05) is 6.07 Å². The van der Waals surface area contributed by atoms with Gasteiger partial charge in [0.25, 0.3) is 5.88 Å². The van der Waals surface area contributed by atoms with Gasteiger partial charge in [0, 0.05) is 0 Å². The van der Waals surface area contributed by atoms with Gasteiger partial charge in [-0.2, -0.15) is 4.98 Å². The molecule has 0 fully saturated rings. The molecule has 3 rings (SSSR count). The van der Waals surface area contributed by atoms with Crippen molar-refractivity contribution in [1.82, 2.24) is 9.97 Å². The zero-order valence-corrected chi connectivity index (χ0v) is 11.2. The summed E-state index contributed by atoms with van der Waals surface area (Å²) in [5, 5.41) is 0. The van der Waals surface area contributed by atoms with Crippen molar-refractivity contribution in [2.24, 2.45) is 5.84 Å². The number of aromatic nitrogens is 2. The first kappa shape index (κ1) is 12.7. The van der Waals surface area contributed by atoms with E-state index in [4.69, 9.17) is 15.3 Å². The lowest BCUT2D eigenvalue weighted by Gasteiger charge is -2.12. The maximum Gasteiger partial charge on any atom is 0.268 e. The van der Waals surface area contributed by atoms with Crippen molar-refractivity contribution < 1.29 is 9.47 Å². The molecule has 0 aliphatic heterocycles. The minimum absolute atomic E-state index is 0.341. The molecule has 0 bridgehead atoms. The number of hydrogen-bond acceptors (Lipinski definition) is 6. The molecular weight excluding hydrogens is 256 g/mol. The number of hydrogen-bond donors (Lipinski definition) is 2. The van der Waals surface area contributed by atoms with Crippen molar-refractivity contribution in [2.75, 3.05) is 12.5 Å². The number of nitrogens with two attached hydrogens (primary N) is 1. The van der Waals surface area contributed by atoms with Gasteiger partial charge in [0.2, 0.25) is 5.75 Å². The predicted octanol–water partition coefficient (Wildman–Crippen LogP) is 2.05. The van der Waals surface area contributed by atoms with Crippen LogP contribution in [0.25, 0.3) is 0 Å². The molecule has 0 atom stereocenters. The zero-order chi connectivity index (χ0) is 13.9. The summed E-state index contributed by atoms with van der Waals surface area (Å²) >= 11 is 0. The molecule has 1 aromatic carbocycles. The molecule has 3 N–H and O–H groups in total. The minimum Gasteiger partial charge on any atom is -0.489 e. The number of hydrazine groups is 1. The van der Waals surface area contributed by atoms with Crippen LogP contribution in [0.2, 0.25) is 0 Å². The van der Waals surface area contributed by atoms with Gasteiger partial charge in [-0.3, -0.25) is 0 Å². The highest BCUT2D eigenvalue weighted by Gasteiger charge is 2.15. The zero-order valence-electron chi connectivity index (χ0n) is 11.2. The summed E-state index contributed by atoms with van der Waals surface area (Å²) in [6, 6.07) is 6.11. The lowest BCUT2D eigenvalue weighted by molar-refractivity contribution is 0.369. The molecule has 0 spiro atoms. The number of aryl methyl sites for hydroxylation is 2. The van der Waals surface area contributed by atoms with Crippen LogP contribution in [-0.4, -0.2) is 17.1 Å². The molecule has 0 amide bonds. The van der Waals surface area contributed by atoms with E-state index in [1.54, 1.807) is 0 Å². The van der Waals surface area contributed by atoms with E-state index >= 15 is 0 Å². The van der Waals surface area contributed by atoms with Gasteiger partial charge < -0.3 is 14.9 Å². The summed E-state index contributed by atoms with van der Waals surface area (Å²) in [7, 11) is 1.52. The number of nitrogen functional groups attached to an aromatic ring is 1. The van der Waals surface area contributed by atoms with Gasteiger partial charge in [0.15, 0.2) is 5.82 Å². The number of methoxy groups -OCH3 is 1. The third-order valence-electron chi connectivity index (χ3n) is 3.40. The SMILES string of the molecule is COc1c(NN)ncnc1Oc1ccc2c(c1)CCC2. The number of fused-ring (bicyclic) bond motifs is 1. The highest BCUT2D eigenvalue weighted by Crippen LogP contribution is 2.35. The van der Waals surface area contributed by atoms with E-state index in [0.717, 1.165) is 18.6 Å². The van der Waals surface area contributed by atoms with Crippen LogP contribution >= 0.6 is 0 Å². The Kier molecular flexibility index (Phi) is 3.39. The van der Waals surface area contributed by atoms with E-state index in [2.05, 4.69) is 27.5 Å². The minimum atomic E-state index is 0.341. The van der Waals surface area contributed by atoms with Crippen molar-refractivity contribution in [3.05, 3.63) is 35.7 Å². The highest BCUT2D eigenvalue weighted by atomic mass is 16.5. The highest BCUT2D eigenvalue weighted by molar-refractivity contribution is 5.55. The standard InChI is InChI=1S/C14H16N4O2/c1-19-12-13(18-15)16-8-17-14(12)20-11-6-5-9-3-2-4-10(9)7-11/h5-8H,2-4,15H2,1H3,(H,16,17,18). The maximum absolute atomic E-state index is 5.80. The first-order valence-corrected chi connectivity index (χ1v) is 6.47. The van der Waals surface area contributed by atoms with E-state index in [1.165, 1.54) is 31.0 Å². The number of anilines is 1. The van der Waals surface area contributed by atoms with Gasteiger partial charge in [-0.15, -0.1) is 0 Å². The molecule has 20 heavy (non-hydrogen) atoms. The molecule has 0 saturated carbocycles. The van der Waals surface area contributed by atoms with Crippen molar-refractivity contribution in [3.63, 3.8) is 0 Å². The Morgan fingerprint density at radius 2 is 2.05 bits per heavy atom. The van der Waals surface area contributed by atoms with Gasteiger partial charge >= 0.3 is 0 Å². The molecule has 1 heterocycles. The molecule has 1 aromatic heterocycles. The number of benzene rings is 1. The molecule has 104 valence electrons. The Morgan fingerprint density at radius 3 is 2.85 bits per heavy atom. The summed E-state index contributed by atoms with van der Waals surface area (Å²) in [5.74, 6) is 7.24. The smallest absolute Gasteiger partial charge is 0.268 e. The summed E-state index contributed by atoms with van der Waals surface area (Å²) in [6.07, 6.45) is 4.83. The molecule has 6 nitrogen and oxygen atoms in total. The average Bonchev–Trinajstić information content (AvgIpc) is 2.94. The monoisotopic (exact) mass is 272 g/mol.